The molecule has 1 aliphatic heterocycles. The summed E-state index contributed by atoms with van der Waals surface area (Å²) in [6.45, 7) is 1.99. The zero-order valence-corrected chi connectivity index (χ0v) is 13.5. The van der Waals surface area contributed by atoms with Crippen molar-refractivity contribution in [1.82, 2.24) is 4.31 Å². The lowest BCUT2D eigenvalue weighted by Crippen LogP contribution is -2.32. The van der Waals surface area contributed by atoms with Crippen molar-refractivity contribution in [2.24, 2.45) is 5.73 Å². The minimum atomic E-state index is -3.80. The van der Waals surface area contributed by atoms with Gasteiger partial charge in [-0.1, -0.05) is 11.6 Å². The van der Waals surface area contributed by atoms with E-state index in [1.807, 2.05) is 0 Å². The van der Waals surface area contributed by atoms with Crippen LogP contribution in [0.1, 0.15) is 12.0 Å². The van der Waals surface area contributed by atoms with E-state index >= 15 is 0 Å². The SMILES string of the molecule is Cc1c(Cl)cc(S(=O)(=O)N2CC[C@H](N)C2)cc1[N+](=O)[O-].Cl. The molecule has 0 spiro atoms. The van der Waals surface area contributed by atoms with Crippen LogP contribution in [-0.2, 0) is 10.0 Å². The third-order valence-corrected chi connectivity index (χ3v) is 5.55. The number of rotatable bonds is 3. The highest BCUT2D eigenvalue weighted by Gasteiger charge is 2.32. The van der Waals surface area contributed by atoms with Gasteiger partial charge in [-0.3, -0.25) is 10.1 Å². The Morgan fingerprint density at radius 1 is 1.48 bits per heavy atom. The fraction of sp³-hybridized carbons (Fsp3) is 0.455. The van der Waals surface area contributed by atoms with E-state index in [2.05, 4.69) is 0 Å². The number of benzene rings is 1. The number of halogens is 2. The first-order valence-corrected chi connectivity index (χ1v) is 7.75. The normalized spacial score (nSPS) is 19.3. The summed E-state index contributed by atoms with van der Waals surface area (Å²) in [7, 11) is -3.80. The highest BCUT2D eigenvalue weighted by atomic mass is 35.5. The first-order chi connectivity index (χ1) is 9.23. The minimum Gasteiger partial charge on any atom is -0.326 e. The molecule has 0 aromatic heterocycles. The zero-order valence-electron chi connectivity index (χ0n) is 11.2. The maximum Gasteiger partial charge on any atom is 0.275 e. The van der Waals surface area contributed by atoms with Crippen LogP contribution in [0, 0.1) is 17.0 Å². The Morgan fingerprint density at radius 3 is 2.57 bits per heavy atom. The lowest BCUT2D eigenvalue weighted by Gasteiger charge is -2.16. The summed E-state index contributed by atoms with van der Waals surface area (Å²) in [5, 5.41) is 11.0. The largest absolute Gasteiger partial charge is 0.326 e. The van der Waals surface area contributed by atoms with Gasteiger partial charge in [-0.05, 0) is 19.4 Å². The van der Waals surface area contributed by atoms with Gasteiger partial charge in [-0.25, -0.2) is 8.42 Å². The van der Waals surface area contributed by atoms with Gasteiger partial charge >= 0.3 is 0 Å². The van der Waals surface area contributed by atoms with Gasteiger partial charge in [-0.2, -0.15) is 4.31 Å². The summed E-state index contributed by atoms with van der Waals surface area (Å²) in [6, 6.07) is 2.07. The molecule has 7 nitrogen and oxygen atoms in total. The molecular formula is C11H15Cl2N3O4S. The molecule has 0 radical (unpaired) electrons. The molecule has 1 saturated heterocycles. The molecule has 0 aliphatic carbocycles. The Morgan fingerprint density at radius 2 is 2.10 bits per heavy atom. The Kier molecular flexibility index (Phi) is 5.57. The summed E-state index contributed by atoms with van der Waals surface area (Å²) in [6.07, 6.45) is 0.570. The summed E-state index contributed by atoms with van der Waals surface area (Å²) in [5.74, 6) is 0. The van der Waals surface area contributed by atoms with Crippen LogP contribution in [0.15, 0.2) is 17.0 Å². The molecule has 0 amide bonds. The van der Waals surface area contributed by atoms with E-state index in [0.29, 0.717) is 13.0 Å². The lowest BCUT2D eigenvalue weighted by molar-refractivity contribution is -0.385. The predicted octanol–water partition coefficient (Wildman–Crippen LogP) is 1.70. The summed E-state index contributed by atoms with van der Waals surface area (Å²) in [4.78, 5) is 10.1. The van der Waals surface area contributed by atoms with Gasteiger partial charge in [0.15, 0.2) is 0 Å². The molecule has 1 atom stereocenters. The lowest BCUT2D eigenvalue weighted by atomic mass is 10.2. The maximum absolute atomic E-state index is 12.4. The second-order valence-corrected chi connectivity index (χ2v) is 7.06. The van der Waals surface area contributed by atoms with Gasteiger partial charge in [0.25, 0.3) is 5.69 Å². The summed E-state index contributed by atoms with van der Waals surface area (Å²) in [5.41, 5.74) is 5.63. The minimum absolute atomic E-state index is 0. The number of hydrogen-bond acceptors (Lipinski definition) is 5. The first-order valence-electron chi connectivity index (χ1n) is 5.93. The molecule has 2 N–H and O–H groups in total. The maximum atomic E-state index is 12.4. The van der Waals surface area contributed by atoms with Crippen molar-refractivity contribution in [3.63, 3.8) is 0 Å². The highest BCUT2D eigenvalue weighted by molar-refractivity contribution is 7.89. The summed E-state index contributed by atoms with van der Waals surface area (Å²) < 4.78 is 26.0. The number of hydrogen-bond donors (Lipinski definition) is 1. The monoisotopic (exact) mass is 355 g/mol. The molecule has 0 bridgehead atoms. The summed E-state index contributed by atoms with van der Waals surface area (Å²) >= 11 is 5.89. The van der Waals surface area contributed by atoms with Crippen molar-refractivity contribution in [2.45, 2.75) is 24.3 Å². The van der Waals surface area contributed by atoms with Crippen molar-refractivity contribution in [3.05, 3.63) is 32.8 Å². The average molecular weight is 356 g/mol. The molecule has 1 heterocycles. The fourth-order valence-electron chi connectivity index (χ4n) is 2.10. The van der Waals surface area contributed by atoms with Gasteiger partial charge in [0.2, 0.25) is 10.0 Å². The van der Waals surface area contributed by atoms with Crippen LogP contribution in [0.2, 0.25) is 5.02 Å². The molecule has 10 heteroatoms. The number of nitrogens with two attached hydrogens (primary N) is 1. The van der Waals surface area contributed by atoms with Gasteiger partial charge in [0.05, 0.1) is 14.8 Å². The van der Waals surface area contributed by atoms with Crippen molar-refractivity contribution >= 4 is 39.7 Å². The first kappa shape index (κ1) is 18.1. The second-order valence-electron chi connectivity index (χ2n) is 4.72. The molecule has 0 unspecified atom stereocenters. The Hall–Kier alpha value is -0.930. The molecule has 1 aromatic carbocycles. The number of nitro benzene ring substituents is 1. The van der Waals surface area contributed by atoms with Crippen molar-refractivity contribution in [2.75, 3.05) is 13.1 Å². The molecule has 0 saturated carbocycles. The number of nitrogens with zero attached hydrogens (tertiary/aromatic N) is 2. The van der Waals surface area contributed by atoms with Crippen LogP contribution in [0.25, 0.3) is 0 Å². The quantitative estimate of drug-likeness (QED) is 0.655. The van der Waals surface area contributed by atoms with Crippen molar-refractivity contribution in [1.29, 1.82) is 0 Å². The Labute approximate surface area is 133 Å². The van der Waals surface area contributed by atoms with Crippen LogP contribution < -0.4 is 5.73 Å². The predicted molar refractivity (Wildman–Crippen MR) is 81.4 cm³/mol. The van der Waals surface area contributed by atoms with Crippen LogP contribution in [0.4, 0.5) is 5.69 Å². The second kappa shape index (κ2) is 6.45. The fourth-order valence-corrected chi connectivity index (χ4v) is 3.94. The molecule has 21 heavy (non-hydrogen) atoms. The molecule has 1 aliphatic rings. The van der Waals surface area contributed by atoms with Gasteiger partial charge < -0.3 is 5.73 Å². The van der Waals surface area contributed by atoms with E-state index in [4.69, 9.17) is 17.3 Å². The third-order valence-electron chi connectivity index (χ3n) is 3.31. The smallest absolute Gasteiger partial charge is 0.275 e. The van der Waals surface area contributed by atoms with E-state index in [9.17, 15) is 18.5 Å². The van der Waals surface area contributed by atoms with Crippen molar-refractivity contribution in [3.8, 4) is 0 Å². The highest BCUT2D eigenvalue weighted by Crippen LogP contribution is 2.31. The van der Waals surface area contributed by atoms with Gasteiger partial charge in [-0.15, -0.1) is 12.4 Å². The van der Waals surface area contributed by atoms with E-state index in [0.717, 1.165) is 6.07 Å². The topological polar surface area (TPSA) is 107 Å². The van der Waals surface area contributed by atoms with E-state index in [-0.39, 0.29) is 46.2 Å². The van der Waals surface area contributed by atoms with Gasteiger partial charge in [0, 0.05) is 30.8 Å². The number of sulfonamides is 1. The van der Waals surface area contributed by atoms with Crippen LogP contribution in [0.5, 0.6) is 0 Å². The Bertz CT molecular complexity index is 666. The van der Waals surface area contributed by atoms with Gasteiger partial charge in [0.1, 0.15) is 0 Å². The molecule has 1 fully saturated rings. The van der Waals surface area contributed by atoms with Crippen LogP contribution >= 0.6 is 24.0 Å². The van der Waals surface area contributed by atoms with E-state index < -0.39 is 14.9 Å². The molecule has 1 aromatic rings. The zero-order chi connectivity index (χ0) is 15.1. The van der Waals surface area contributed by atoms with Crippen LogP contribution in [0.3, 0.4) is 0 Å². The van der Waals surface area contributed by atoms with Crippen molar-refractivity contribution < 1.29 is 13.3 Å². The molecule has 2 rings (SSSR count). The standard InChI is InChI=1S/C11H14ClN3O4S.ClH/c1-7-10(12)4-9(5-11(7)15(16)17)20(18,19)14-3-2-8(13)6-14;/h4-5,8H,2-3,6,13H2,1H3;1H/t8-;/m0./s1. The molecular weight excluding hydrogens is 341 g/mol. The third kappa shape index (κ3) is 3.46. The average Bonchev–Trinajstić information content (AvgIpc) is 2.79. The molecule has 118 valence electrons. The number of nitro groups is 1. The van der Waals surface area contributed by atoms with Crippen LogP contribution in [-0.4, -0.2) is 36.8 Å². The van der Waals surface area contributed by atoms with E-state index in [1.54, 1.807) is 0 Å². The van der Waals surface area contributed by atoms with E-state index in [1.165, 1.54) is 17.3 Å². The Balaban J connectivity index is 0.00000220.